The van der Waals surface area contributed by atoms with Gasteiger partial charge in [0, 0.05) is 23.5 Å². The quantitative estimate of drug-likeness (QED) is 0.324. The number of pyridine rings is 1. The second-order valence-electron chi connectivity index (χ2n) is 7.94. The number of benzene rings is 1. The number of carbonyl (C=O) groups excluding carboxylic acids is 1. The summed E-state index contributed by atoms with van der Waals surface area (Å²) < 4.78 is 5.15. The first kappa shape index (κ1) is 23.7. The van der Waals surface area contributed by atoms with Crippen molar-refractivity contribution in [3.8, 4) is 11.4 Å². The fourth-order valence-corrected chi connectivity index (χ4v) is 2.83. The minimum Gasteiger partial charge on any atom is -0.381 e. The van der Waals surface area contributed by atoms with Crippen LogP contribution < -0.4 is 5.32 Å². The fraction of sp³-hybridized carbons (Fsp3) is 0.250. The van der Waals surface area contributed by atoms with E-state index in [1.165, 1.54) is 6.20 Å². The normalized spacial score (nSPS) is 13.5. The van der Waals surface area contributed by atoms with E-state index in [0.717, 1.165) is 5.56 Å². The molecule has 1 atom stereocenters. The van der Waals surface area contributed by atoms with Gasteiger partial charge in [-0.3, -0.25) is 9.78 Å². The Morgan fingerprint density at radius 3 is 2.70 bits per heavy atom. The molecule has 0 radical (unpaired) electrons. The maximum Gasteiger partial charge on any atom is 0.258 e. The van der Waals surface area contributed by atoms with Gasteiger partial charge in [0.25, 0.3) is 5.89 Å². The van der Waals surface area contributed by atoms with E-state index in [4.69, 9.17) is 4.52 Å². The van der Waals surface area contributed by atoms with E-state index >= 15 is 0 Å². The van der Waals surface area contributed by atoms with Crippen molar-refractivity contribution in [3.63, 3.8) is 0 Å². The van der Waals surface area contributed by atoms with E-state index in [1.807, 2.05) is 37.3 Å². The lowest BCUT2D eigenvalue weighted by Crippen LogP contribution is -2.27. The van der Waals surface area contributed by atoms with Gasteiger partial charge in [0.2, 0.25) is 11.7 Å². The Hall–Kier alpha value is -3.98. The van der Waals surface area contributed by atoms with Crippen LogP contribution in [0.2, 0.25) is 0 Å². The molecule has 2 aromatic heterocycles. The van der Waals surface area contributed by atoms with Crippen LogP contribution in [-0.2, 0) is 10.4 Å². The van der Waals surface area contributed by atoms with Gasteiger partial charge in [0.1, 0.15) is 11.3 Å². The zero-order chi connectivity index (χ0) is 24.0. The SMILES string of the molecule is C=N/C(=N\C=C(/C)C(=O)N[C@@H](C)c1cccc(-c2noc(C(C)(C)O)n2)c1)c1ccccn1. The molecule has 2 heterocycles. The molecule has 9 nitrogen and oxygen atoms in total. The highest BCUT2D eigenvalue weighted by Gasteiger charge is 2.24. The van der Waals surface area contributed by atoms with Crippen LogP contribution in [0, 0.1) is 0 Å². The Balaban J connectivity index is 1.72. The molecular formula is C24H26N6O3. The molecule has 9 heteroatoms. The highest BCUT2D eigenvalue weighted by Crippen LogP contribution is 2.24. The first-order valence-electron chi connectivity index (χ1n) is 10.3. The highest BCUT2D eigenvalue weighted by molar-refractivity contribution is 6.00. The van der Waals surface area contributed by atoms with Gasteiger partial charge in [0.05, 0.1) is 6.04 Å². The smallest absolute Gasteiger partial charge is 0.258 e. The summed E-state index contributed by atoms with van der Waals surface area (Å²) in [5, 5.41) is 16.9. The molecule has 0 spiro atoms. The number of rotatable bonds is 7. The van der Waals surface area contributed by atoms with Crippen LogP contribution in [0.15, 0.2) is 74.9 Å². The Labute approximate surface area is 192 Å². The Kier molecular flexibility index (Phi) is 7.24. The minimum absolute atomic E-state index is 0.129. The van der Waals surface area contributed by atoms with Crippen molar-refractivity contribution in [2.24, 2.45) is 9.98 Å². The van der Waals surface area contributed by atoms with E-state index in [0.29, 0.717) is 28.5 Å². The zero-order valence-electron chi connectivity index (χ0n) is 19.0. The number of aliphatic hydroxyl groups is 1. The molecule has 0 saturated heterocycles. The molecule has 33 heavy (non-hydrogen) atoms. The summed E-state index contributed by atoms with van der Waals surface area (Å²) >= 11 is 0. The van der Waals surface area contributed by atoms with Crippen LogP contribution in [0.4, 0.5) is 0 Å². The van der Waals surface area contributed by atoms with Crippen molar-refractivity contribution in [1.29, 1.82) is 0 Å². The monoisotopic (exact) mass is 446 g/mol. The van der Waals surface area contributed by atoms with E-state index in [-0.39, 0.29) is 17.8 Å². The molecule has 0 aliphatic rings. The van der Waals surface area contributed by atoms with Crippen molar-refractivity contribution in [2.45, 2.75) is 39.3 Å². The Bertz CT molecular complexity index is 1190. The van der Waals surface area contributed by atoms with Gasteiger partial charge in [-0.1, -0.05) is 29.4 Å². The number of carbonyl (C=O) groups is 1. The van der Waals surface area contributed by atoms with Crippen LogP contribution in [0.3, 0.4) is 0 Å². The molecule has 0 unspecified atom stereocenters. The molecular weight excluding hydrogens is 420 g/mol. The Morgan fingerprint density at radius 1 is 1.27 bits per heavy atom. The van der Waals surface area contributed by atoms with Crippen LogP contribution >= 0.6 is 0 Å². The maximum atomic E-state index is 12.7. The predicted molar refractivity (Wildman–Crippen MR) is 126 cm³/mol. The Morgan fingerprint density at radius 2 is 2.06 bits per heavy atom. The second-order valence-corrected chi connectivity index (χ2v) is 7.94. The summed E-state index contributed by atoms with van der Waals surface area (Å²) in [4.78, 5) is 29.2. The summed E-state index contributed by atoms with van der Waals surface area (Å²) in [5.41, 5.74) is 1.31. The summed E-state index contributed by atoms with van der Waals surface area (Å²) in [7, 11) is 0. The van der Waals surface area contributed by atoms with Gasteiger partial charge < -0.3 is 14.9 Å². The first-order chi connectivity index (χ1) is 15.7. The molecule has 0 aliphatic heterocycles. The van der Waals surface area contributed by atoms with Gasteiger partial charge >= 0.3 is 0 Å². The summed E-state index contributed by atoms with van der Waals surface area (Å²) in [6.45, 7) is 10.2. The molecule has 3 aromatic rings. The predicted octanol–water partition coefficient (Wildman–Crippen LogP) is 3.59. The van der Waals surface area contributed by atoms with Crippen LogP contribution in [0.1, 0.15) is 50.9 Å². The van der Waals surface area contributed by atoms with Gasteiger partial charge in [-0.2, -0.15) is 4.98 Å². The summed E-state index contributed by atoms with van der Waals surface area (Å²) in [5.74, 6) is 0.542. The number of amidine groups is 1. The van der Waals surface area contributed by atoms with E-state index in [2.05, 4.69) is 37.1 Å². The van der Waals surface area contributed by atoms with Gasteiger partial charge in [0.15, 0.2) is 5.84 Å². The van der Waals surface area contributed by atoms with Gasteiger partial charge in [-0.05, 0) is 58.2 Å². The third-order valence-electron chi connectivity index (χ3n) is 4.72. The minimum atomic E-state index is -1.23. The molecule has 3 rings (SSSR count). The second kappa shape index (κ2) is 10.1. The number of aliphatic imine (C=N–C) groups is 2. The van der Waals surface area contributed by atoms with Crippen molar-refractivity contribution in [3.05, 3.63) is 77.6 Å². The highest BCUT2D eigenvalue weighted by atomic mass is 16.5. The molecule has 2 N–H and O–H groups in total. The molecule has 1 aromatic carbocycles. The molecule has 0 bridgehead atoms. The standard InChI is InChI=1S/C24H26N6O3/c1-15(14-27-21(25-5)19-11-6-7-12-26-19)22(31)28-16(2)17-9-8-10-18(13-17)20-29-23(33-30-20)24(3,4)32/h6-14,16,32H,5H2,1-4H3,(H,28,31)/b15-14+,27-21-/t16-/m0/s1. The fourth-order valence-electron chi connectivity index (χ4n) is 2.83. The number of hydrogen-bond donors (Lipinski definition) is 2. The van der Waals surface area contributed by atoms with Crippen molar-refractivity contribution < 1.29 is 14.4 Å². The molecule has 170 valence electrons. The van der Waals surface area contributed by atoms with Crippen LogP contribution in [0.5, 0.6) is 0 Å². The average molecular weight is 447 g/mol. The van der Waals surface area contributed by atoms with Crippen molar-refractivity contribution in [2.75, 3.05) is 0 Å². The number of aromatic nitrogens is 3. The van der Waals surface area contributed by atoms with E-state index in [1.54, 1.807) is 39.1 Å². The topological polar surface area (TPSA) is 126 Å². The molecule has 0 fully saturated rings. The molecule has 0 aliphatic carbocycles. The van der Waals surface area contributed by atoms with Crippen LogP contribution in [-0.4, -0.2) is 38.7 Å². The lowest BCUT2D eigenvalue weighted by Gasteiger charge is -2.15. The largest absolute Gasteiger partial charge is 0.381 e. The van der Waals surface area contributed by atoms with E-state index in [9.17, 15) is 9.90 Å². The van der Waals surface area contributed by atoms with Crippen LogP contribution in [0.25, 0.3) is 11.4 Å². The first-order valence-corrected chi connectivity index (χ1v) is 10.3. The lowest BCUT2D eigenvalue weighted by molar-refractivity contribution is -0.118. The summed E-state index contributed by atoms with van der Waals surface area (Å²) in [6.07, 6.45) is 3.07. The number of hydrogen-bond acceptors (Lipinski definition) is 7. The number of nitrogens with one attached hydrogen (secondary N) is 1. The molecule has 0 saturated carbocycles. The number of nitrogens with zero attached hydrogens (tertiary/aromatic N) is 5. The van der Waals surface area contributed by atoms with Gasteiger partial charge in [-0.15, -0.1) is 0 Å². The molecule has 1 amide bonds. The third-order valence-corrected chi connectivity index (χ3v) is 4.72. The lowest BCUT2D eigenvalue weighted by atomic mass is 10.0. The maximum absolute atomic E-state index is 12.7. The van der Waals surface area contributed by atoms with Crippen molar-refractivity contribution in [1.82, 2.24) is 20.4 Å². The van der Waals surface area contributed by atoms with Gasteiger partial charge in [-0.25, -0.2) is 9.98 Å². The van der Waals surface area contributed by atoms with E-state index < -0.39 is 5.60 Å². The zero-order valence-corrected chi connectivity index (χ0v) is 19.0. The summed E-state index contributed by atoms with van der Waals surface area (Å²) in [6, 6.07) is 12.5. The average Bonchev–Trinajstić information content (AvgIpc) is 3.31. The number of amides is 1. The third kappa shape index (κ3) is 6.05. The van der Waals surface area contributed by atoms with Crippen molar-refractivity contribution >= 4 is 18.5 Å².